The zero-order valence-corrected chi connectivity index (χ0v) is 14.2. The molecule has 5 rings (SSSR count). The Balaban J connectivity index is 1.61. The molecule has 2 bridgehead atoms. The lowest BCUT2D eigenvalue weighted by atomic mass is 10.2. The highest BCUT2D eigenvalue weighted by atomic mass is 16.3. The highest BCUT2D eigenvalue weighted by Gasteiger charge is 2.51. The van der Waals surface area contributed by atoms with Gasteiger partial charge >= 0.3 is 5.69 Å². The number of nitrogens with zero attached hydrogens (tertiary/aromatic N) is 5. The smallest absolute Gasteiger partial charge is 0.336 e. The first-order chi connectivity index (χ1) is 12.5. The average molecular weight is 351 g/mol. The van der Waals surface area contributed by atoms with E-state index in [4.69, 9.17) is 5.26 Å². The maximum atomic E-state index is 12.9. The molecule has 26 heavy (non-hydrogen) atoms. The molecule has 2 aromatic heterocycles. The lowest BCUT2D eigenvalue weighted by Gasteiger charge is -2.27. The molecule has 1 amide bonds. The van der Waals surface area contributed by atoms with E-state index in [-0.39, 0.29) is 41.2 Å². The van der Waals surface area contributed by atoms with Crippen LogP contribution in [0.15, 0.2) is 17.1 Å². The van der Waals surface area contributed by atoms with E-state index in [1.807, 2.05) is 11.0 Å². The number of carbonyl (C=O) groups is 1. The fourth-order valence-corrected chi connectivity index (χ4v) is 4.29. The molecule has 132 valence electrons. The van der Waals surface area contributed by atoms with Gasteiger partial charge in [0.2, 0.25) is 11.8 Å². The molecule has 8 nitrogen and oxygen atoms in total. The molecule has 2 aliphatic heterocycles. The van der Waals surface area contributed by atoms with Crippen LogP contribution in [0, 0.1) is 24.2 Å². The molecule has 8 heteroatoms. The molecular weight excluding hydrogens is 334 g/mol. The SMILES string of the molecule is Cc1cc(-n2c(O)c3n(c2=O)[C@H]2C[C@@H]3N(C(=O)C3CC3)C2)cnc1C#N. The molecule has 1 saturated heterocycles. The largest absolute Gasteiger partial charge is 0.493 e. The molecule has 0 spiro atoms. The Morgan fingerprint density at radius 1 is 1.42 bits per heavy atom. The van der Waals surface area contributed by atoms with Gasteiger partial charge in [-0.15, -0.1) is 0 Å². The van der Waals surface area contributed by atoms with Crippen molar-refractivity contribution in [1.29, 1.82) is 5.26 Å². The minimum absolute atomic E-state index is 0.0928. The summed E-state index contributed by atoms with van der Waals surface area (Å²) in [4.78, 5) is 31.3. The summed E-state index contributed by atoms with van der Waals surface area (Å²) in [6.07, 6.45) is 3.96. The van der Waals surface area contributed by atoms with Crippen LogP contribution < -0.4 is 5.69 Å². The number of aryl methyl sites for hydroxylation is 1. The third kappa shape index (κ3) is 1.85. The Labute approximate surface area is 148 Å². The number of aromatic nitrogens is 3. The van der Waals surface area contributed by atoms with Crippen LogP contribution >= 0.6 is 0 Å². The van der Waals surface area contributed by atoms with Crippen LogP contribution in [0.5, 0.6) is 5.88 Å². The summed E-state index contributed by atoms with van der Waals surface area (Å²) in [5.74, 6) is 0.116. The van der Waals surface area contributed by atoms with Crippen LogP contribution in [0.3, 0.4) is 0 Å². The highest BCUT2D eigenvalue weighted by Crippen LogP contribution is 2.50. The maximum absolute atomic E-state index is 12.9. The van der Waals surface area contributed by atoms with Crippen LogP contribution in [0.4, 0.5) is 0 Å². The normalized spacial score (nSPS) is 23.2. The molecule has 2 fully saturated rings. The summed E-state index contributed by atoms with van der Waals surface area (Å²) in [5.41, 5.74) is 1.53. The molecule has 0 radical (unpaired) electrons. The van der Waals surface area contributed by atoms with Gasteiger partial charge in [0.1, 0.15) is 17.5 Å². The number of aromatic hydroxyl groups is 1. The number of rotatable bonds is 2. The van der Waals surface area contributed by atoms with Gasteiger partial charge in [-0.3, -0.25) is 9.36 Å². The maximum Gasteiger partial charge on any atom is 0.336 e. The van der Waals surface area contributed by atoms with Crippen LogP contribution in [0.1, 0.15) is 48.3 Å². The number of likely N-dealkylation sites (tertiary alicyclic amines) is 1. The Morgan fingerprint density at radius 2 is 2.19 bits per heavy atom. The molecule has 3 aliphatic rings. The van der Waals surface area contributed by atoms with Crippen molar-refractivity contribution < 1.29 is 9.90 Å². The molecule has 2 aromatic rings. The van der Waals surface area contributed by atoms with E-state index in [0.717, 1.165) is 12.8 Å². The monoisotopic (exact) mass is 351 g/mol. The van der Waals surface area contributed by atoms with Gasteiger partial charge < -0.3 is 10.0 Å². The van der Waals surface area contributed by atoms with Crippen LogP contribution in [0.25, 0.3) is 5.69 Å². The van der Waals surface area contributed by atoms with Crippen molar-refractivity contribution in [2.45, 2.75) is 38.3 Å². The van der Waals surface area contributed by atoms with E-state index in [1.54, 1.807) is 17.6 Å². The summed E-state index contributed by atoms with van der Waals surface area (Å²) >= 11 is 0. The molecule has 0 unspecified atom stereocenters. The molecule has 1 N–H and O–H groups in total. The number of imidazole rings is 1. The van der Waals surface area contributed by atoms with E-state index in [0.29, 0.717) is 29.9 Å². The number of pyridine rings is 1. The number of amides is 1. The van der Waals surface area contributed by atoms with E-state index in [1.165, 1.54) is 10.8 Å². The fraction of sp³-hybridized carbons (Fsp3) is 0.444. The summed E-state index contributed by atoms with van der Waals surface area (Å²) in [5, 5.41) is 19.8. The van der Waals surface area contributed by atoms with Gasteiger partial charge in [-0.2, -0.15) is 5.26 Å². The van der Waals surface area contributed by atoms with Gasteiger partial charge in [-0.05, 0) is 37.8 Å². The lowest BCUT2D eigenvalue weighted by molar-refractivity contribution is -0.134. The van der Waals surface area contributed by atoms with Crippen molar-refractivity contribution in [2.75, 3.05) is 6.54 Å². The summed E-state index contributed by atoms with van der Waals surface area (Å²) in [6, 6.07) is 3.32. The van der Waals surface area contributed by atoms with Gasteiger partial charge in [0.05, 0.1) is 24.0 Å². The van der Waals surface area contributed by atoms with Crippen molar-refractivity contribution in [2.24, 2.45) is 5.92 Å². The Morgan fingerprint density at radius 3 is 2.85 bits per heavy atom. The number of carbonyl (C=O) groups excluding carboxylic acids is 1. The minimum atomic E-state index is -0.325. The van der Waals surface area contributed by atoms with E-state index in [2.05, 4.69) is 4.98 Å². The second-order valence-electron chi connectivity index (χ2n) is 7.34. The first kappa shape index (κ1) is 15.2. The number of hydrogen-bond donors (Lipinski definition) is 1. The third-order valence-electron chi connectivity index (χ3n) is 5.70. The first-order valence-electron chi connectivity index (χ1n) is 8.75. The molecule has 4 heterocycles. The highest BCUT2D eigenvalue weighted by molar-refractivity contribution is 5.82. The van der Waals surface area contributed by atoms with Gasteiger partial charge in [-0.1, -0.05) is 0 Å². The standard InChI is InChI=1S/C18H17N5O3/c1-9-4-11(7-20-13(9)6-19)23-17(25)15-14-5-12(22(15)18(23)26)8-21(14)16(24)10-2-3-10/h4,7,10,12,14,25H,2-3,5,8H2,1H3/t12-,14-/m0/s1. The van der Waals surface area contributed by atoms with E-state index < -0.39 is 0 Å². The second-order valence-corrected chi connectivity index (χ2v) is 7.34. The molecule has 0 aromatic carbocycles. The van der Waals surface area contributed by atoms with Crippen LogP contribution in [-0.4, -0.2) is 36.6 Å². The summed E-state index contributed by atoms with van der Waals surface area (Å²) < 4.78 is 2.84. The van der Waals surface area contributed by atoms with Crippen molar-refractivity contribution in [1.82, 2.24) is 19.0 Å². The van der Waals surface area contributed by atoms with Gasteiger partial charge in [0.25, 0.3) is 0 Å². The third-order valence-corrected chi connectivity index (χ3v) is 5.70. The van der Waals surface area contributed by atoms with Crippen molar-refractivity contribution >= 4 is 5.91 Å². The summed E-state index contributed by atoms with van der Waals surface area (Å²) in [6.45, 7) is 2.27. The quantitative estimate of drug-likeness (QED) is 0.874. The second kappa shape index (κ2) is 4.97. The predicted molar refractivity (Wildman–Crippen MR) is 89.8 cm³/mol. The lowest BCUT2D eigenvalue weighted by Crippen LogP contribution is -2.38. The molecule has 1 aliphatic carbocycles. The van der Waals surface area contributed by atoms with Gasteiger partial charge in [0, 0.05) is 12.5 Å². The van der Waals surface area contributed by atoms with Crippen molar-refractivity contribution in [3.8, 4) is 17.6 Å². The number of nitriles is 1. The number of fused-ring (bicyclic) bond motifs is 5. The minimum Gasteiger partial charge on any atom is -0.493 e. The zero-order chi connectivity index (χ0) is 18.2. The topological polar surface area (TPSA) is 104 Å². The summed E-state index contributed by atoms with van der Waals surface area (Å²) in [7, 11) is 0. The predicted octanol–water partition coefficient (Wildman–Crippen LogP) is 1.16. The Hall–Kier alpha value is -3.08. The van der Waals surface area contributed by atoms with Gasteiger partial charge in [0.15, 0.2) is 0 Å². The van der Waals surface area contributed by atoms with Crippen molar-refractivity contribution in [3.63, 3.8) is 0 Å². The molecular formula is C18H17N5O3. The van der Waals surface area contributed by atoms with Gasteiger partial charge in [-0.25, -0.2) is 14.3 Å². The van der Waals surface area contributed by atoms with Crippen molar-refractivity contribution in [3.05, 3.63) is 39.7 Å². The van der Waals surface area contributed by atoms with Crippen LogP contribution in [-0.2, 0) is 4.79 Å². The Bertz CT molecular complexity index is 1060. The van der Waals surface area contributed by atoms with Crippen LogP contribution in [0.2, 0.25) is 0 Å². The molecule has 1 saturated carbocycles. The Kier molecular flexibility index (Phi) is 2.91. The zero-order valence-electron chi connectivity index (χ0n) is 14.2. The molecule has 2 atom stereocenters. The number of hydrogen-bond acceptors (Lipinski definition) is 5. The van der Waals surface area contributed by atoms with E-state index in [9.17, 15) is 14.7 Å². The average Bonchev–Trinajstić information content (AvgIpc) is 3.21. The van der Waals surface area contributed by atoms with E-state index >= 15 is 0 Å². The first-order valence-corrected chi connectivity index (χ1v) is 8.75. The fourth-order valence-electron chi connectivity index (χ4n) is 4.29.